The highest BCUT2D eigenvalue weighted by atomic mass is 16.2. The Morgan fingerprint density at radius 3 is 2.60 bits per heavy atom. The summed E-state index contributed by atoms with van der Waals surface area (Å²) in [6.07, 6.45) is 6.05. The summed E-state index contributed by atoms with van der Waals surface area (Å²) >= 11 is 0. The Bertz CT molecular complexity index is 789. The molecule has 6 nitrogen and oxygen atoms in total. The van der Waals surface area contributed by atoms with Gasteiger partial charge in [0.05, 0.1) is 0 Å². The molecule has 2 aromatic rings. The van der Waals surface area contributed by atoms with Crippen LogP contribution in [0.2, 0.25) is 0 Å². The van der Waals surface area contributed by atoms with E-state index in [4.69, 9.17) is 0 Å². The zero-order valence-corrected chi connectivity index (χ0v) is 14.4. The second-order valence-corrected chi connectivity index (χ2v) is 7.21. The van der Waals surface area contributed by atoms with Crippen LogP contribution in [-0.2, 0) is 11.3 Å². The zero-order chi connectivity index (χ0) is 17.2. The largest absolute Gasteiger partial charge is 0.343 e. The van der Waals surface area contributed by atoms with Gasteiger partial charge in [0.1, 0.15) is 5.82 Å². The van der Waals surface area contributed by atoms with Gasteiger partial charge < -0.3 is 4.90 Å². The molecule has 0 spiro atoms. The Hall–Kier alpha value is -2.37. The molecule has 1 aliphatic carbocycles. The van der Waals surface area contributed by atoms with Crippen molar-refractivity contribution in [2.24, 2.45) is 0 Å². The van der Waals surface area contributed by atoms with Crippen molar-refractivity contribution in [2.75, 3.05) is 6.54 Å². The van der Waals surface area contributed by atoms with Crippen LogP contribution in [0, 0.1) is 0 Å². The van der Waals surface area contributed by atoms with Crippen LogP contribution in [-0.4, -0.2) is 32.1 Å². The van der Waals surface area contributed by atoms with E-state index < -0.39 is 0 Å². The Kier molecular flexibility index (Phi) is 4.42. The summed E-state index contributed by atoms with van der Waals surface area (Å²) in [5.74, 6) is 0.900. The number of hydrogen-bond acceptors (Lipinski definition) is 3. The molecule has 6 heteroatoms. The van der Waals surface area contributed by atoms with Gasteiger partial charge in [-0.05, 0) is 18.4 Å². The van der Waals surface area contributed by atoms with Crippen LogP contribution < -0.4 is 5.69 Å². The summed E-state index contributed by atoms with van der Waals surface area (Å²) in [6, 6.07) is 10.3. The van der Waals surface area contributed by atoms with Crippen molar-refractivity contribution in [3.63, 3.8) is 0 Å². The lowest BCUT2D eigenvalue weighted by molar-refractivity contribution is -0.128. The molecule has 0 bridgehead atoms. The number of carbonyl (C=O) groups excluding carboxylic acids is 1. The Morgan fingerprint density at radius 2 is 1.84 bits per heavy atom. The predicted octanol–water partition coefficient (Wildman–Crippen LogP) is 2.59. The number of H-pyrrole nitrogens is 1. The highest BCUT2D eigenvalue weighted by molar-refractivity contribution is 5.79. The van der Waals surface area contributed by atoms with E-state index in [0.29, 0.717) is 19.5 Å². The normalized spacial score (nSPS) is 21.8. The number of aromatic amines is 1. The molecule has 1 aliphatic heterocycles. The summed E-state index contributed by atoms with van der Waals surface area (Å²) in [5, 5.41) is 6.91. The third-order valence-electron chi connectivity index (χ3n) is 5.47. The van der Waals surface area contributed by atoms with Crippen LogP contribution in [0.25, 0.3) is 0 Å². The number of hydrogen-bond donors (Lipinski definition) is 1. The lowest BCUT2D eigenvalue weighted by Gasteiger charge is -2.24. The maximum absolute atomic E-state index is 12.5. The molecule has 2 heterocycles. The molecule has 132 valence electrons. The quantitative estimate of drug-likeness (QED) is 0.930. The van der Waals surface area contributed by atoms with Crippen LogP contribution in [0.15, 0.2) is 35.1 Å². The first-order valence-electron chi connectivity index (χ1n) is 9.21. The fourth-order valence-corrected chi connectivity index (χ4v) is 4.20. The van der Waals surface area contributed by atoms with Gasteiger partial charge in [0.15, 0.2) is 0 Å². The fourth-order valence-electron chi connectivity index (χ4n) is 4.20. The molecule has 1 aromatic carbocycles. The van der Waals surface area contributed by atoms with Gasteiger partial charge in [-0.2, -0.15) is 5.10 Å². The van der Waals surface area contributed by atoms with Gasteiger partial charge in [-0.1, -0.05) is 49.6 Å². The molecular weight excluding hydrogens is 316 g/mol. The molecule has 1 saturated heterocycles. The van der Waals surface area contributed by atoms with Crippen molar-refractivity contribution >= 4 is 5.91 Å². The summed E-state index contributed by atoms with van der Waals surface area (Å²) in [4.78, 5) is 26.6. The SMILES string of the molecule is O=C1C[C@H](c2n[nH]c(=O)n2C2CCCCC2)CN1Cc1ccccc1. The zero-order valence-electron chi connectivity index (χ0n) is 14.4. The van der Waals surface area contributed by atoms with Gasteiger partial charge in [-0.3, -0.25) is 9.36 Å². The summed E-state index contributed by atoms with van der Waals surface area (Å²) in [5.41, 5.74) is 0.999. The molecule has 0 radical (unpaired) electrons. The average Bonchev–Trinajstić information content (AvgIpc) is 3.19. The van der Waals surface area contributed by atoms with Gasteiger partial charge in [0.2, 0.25) is 5.91 Å². The molecule has 4 rings (SSSR count). The highest BCUT2D eigenvalue weighted by Gasteiger charge is 2.35. The molecular formula is C19H24N4O2. The number of carbonyl (C=O) groups is 1. The molecule has 0 unspecified atom stereocenters. The molecule has 1 saturated carbocycles. The van der Waals surface area contributed by atoms with Gasteiger partial charge in [0.25, 0.3) is 0 Å². The third-order valence-corrected chi connectivity index (χ3v) is 5.47. The summed E-state index contributed by atoms with van der Waals surface area (Å²) in [6.45, 7) is 1.25. The molecule has 2 fully saturated rings. The van der Waals surface area contributed by atoms with E-state index >= 15 is 0 Å². The number of aromatic nitrogens is 3. The van der Waals surface area contributed by atoms with Crippen LogP contribution in [0.5, 0.6) is 0 Å². The molecule has 2 aliphatic rings. The standard InChI is InChI=1S/C19H24N4O2/c24-17-11-15(13-22(17)12-14-7-3-1-4-8-14)18-20-21-19(25)23(18)16-9-5-2-6-10-16/h1,3-4,7-8,15-16H,2,5-6,9-13H2,(H,21,25)/t15-/m0/s1. The number of nitrogens with one attached hydrogen (secondary N) is 1. The number of likely N-dealkylation sites (tertiary alicyclic amines) is 1. The smallest absolute Gasteiger partial charge is 0.338 e. The van der Waals surface area contributed by atoms with Crippen molar-refractivity contribution in [1.82, 2.24) is 19.7 Å². The van der Waals surface area contributed by atoms with Crippen molar-refractivity contribution in [3.05, 3.63) is 52.2 Å². The van der Waals surface area contributed by atoms with E-state index in [1.807, 2.05) is 39.8 Å². The number of nitrogens with zero attached hydrogens (tertiary/aromatic N) is 3. The van der Waals surface area contributed by atoms with Crippen LogP contribution in [0.3, 0.4) is 0 Å². The second-order valence-electron chi connectivity index (χ2n) is 7.21. The van der Waals surface area contributed by atoms with Crippen LogP contribution in [0.1, 0.15) is 61.9 Å². The Balaban J connectivity index is 1.53. The number of benzene rings is 1. The third kappa shape index (κ3) is 3.25. The minimum absolute atomic E-state index is 0.00270. The summed E-state index contributed by atoms with van der Waals surface area (Å²) in [7, 11) is 0. The fraction of sp³-hybridized carbons (Fsp3) is 0.526. The minimum Gasteiger partial charge on any atom is -0.338 e. The molecule has 1 amide bonds. The van der Waals surface area contributed by atoms with Crippen molar-refractivity contribution in [1.29, 1.82) is 0 Å². The maximum atomic E-state index is 12.5. The van der Waals surface area contributed by atoms with E-state index in [-0.39, 0.29) is 23.6 Å². The van der Waals surface area contributed by atoms with Gasteiger partial charge in [-0.15, -0.1) is 0 Å². The second kappa shape index (κ2) is 6.86. The Labute approximate surface area is 146 Å². The monoisotopic (exact) mass is 340 g/mol. The highest BCUT2D eigenvalue weighted by Crippen LogP contribution is 2.32. The lowest BCUT2D eigenvalue weighted by atomic mass is 9.94. The topological polar surface area (TPSA) is 71.0 Å². The first kappa shape index (κ1) is 16.1. The van der Waals surface area contributed by atoms with E-state index in [2.05, 4.69) is 10.2 Å². The Morgan fingerprint density at radius 1 is 1.08 bits per heavy atom. The first-order valence-corrected chi connectivity index (χ1v) is 9.21. The predicted molar refractivity (Wildman–Crippen MR) is 94.2 cm³/mol. The summed E-state index contributed by atoms with van der Waals surface area (Å²) < 4.78 is 1.84. The van der Waals surface area contributed by atoms with Gasteiger partial charge in [-0.25, -0.2) is 9.89 Å². The van der Waals surface area contributed by atoms with E-state index in [1.165, 1.54) is 6.42 Å². The molecule has 1 atom stereocenters. The maximum Gasteiger partial charge on any atom is 0.343 e. The van der Waals surface area contributed by atoms with Crippen molar-refractivity contribution in [2.45, 2.75) is 57.0 Å². The molecule has 25 heavy (non-hydrogen) atoms. The van der Waals surface area contributed by atoms with Crippen LogP contribution >= 0.6 is 0 Å². The van der Waals surface area contributed by atoms with Crippen LogP contribution in [0.4, 0.5) is 0 Å². The number of rotatable bonds is 4. The van der Waals surface area contributed by atoms with Crippen molar-refractivity contribution in [3.8, 4) is 0 Å². The molecule has 1 aromatic heterocycles. The number of amides is 1. The van der Waals surface area contributed by atoms with E-state index in [9.17, 15) is 9.59 Å². The minimum atomic E-state index is -0.129. The van der Waals surface area contributed by atoms with Crippen molar-refractivity contribution < 1.29 is 4.79 Å². The van der Waals surface area contributed by atoms with Gasteiger partial charge in [0, 0.05) is 31.5 Å². The molecule has 1 N–H and O–H groups in total. The van der Waals surface area contributed by atoms with Gasteiger partial charge >= 0.3 is 5.69 Å². The van der Waals surface area contributed by atoms with E-state index in [0.717, 1.165) is 37.1 Å². The average molecular weight is 340 g/mol. The lowest BCUT2D eigenvalue weighted by Crippen LogP contribution is -2.28. The first-order chi connectivity index (χ1) is 12.2. The van der Waals surface area contributed by atoms with E-state index in [1.54, 1.807) is 0 Å².